The Labute approximate surface area is 276 Å². The number of anilines is 1. The van der Waals surface area contributed by atoms with Gasteiger partial charge in [-0.3, -0.25) is 9.86 Å². The van der Waals surface area contributed by atoms with Crippen molar-refractivity contribution in [2.24, 2.45) is 15.3 Å². The van der Waals surface area contributed by atoms with Gasteiger partial charge in [0.05, 0.1) is 27.4 Å². The number of amides is 2. The fourth-order valence-electron chi connectivity index (χ4n) is 4.07. The zero-order chi connectivity index (χ0) is 30.3. The fraction of sp³-hybridized carbons (Fsp3) is 0.120. The minimum atomic E-state index is -5.09. The second kappa shape index (κ2) is 12.8. The van der Waals surface area contributed by atoms with Crippen LogP contribution in [0.4, 0.5) is 17.1 Å². The fourth-order valence-corrected chi connectivity index (χ4v) is 4.96. The average molecular weight is 651 g/mol. The quantitative estimate of drug-likeness (QED) is 0.132. The summed E-state index contributed by atoms with van der Waals surface area (Å²) in [6.45, 7) is 3.22. The third-order valence-electron chi connectivity index (χ3n) is 6.23. The van der Waals surface area contributed by atoms with Gasteiger partial charge in [-0.05, 0) is 67.4 Å². The monoisotopic (exact) mass is 650 g/mol. The van der Waals surface area contributed by atoms with Crippen LogP contribution in [0, 0.1) is 12.1 Å². The molecule has 0 spiro atoms. The molecule has 2 amide bonds. The zero-order valence-corrected chi connectivity index (χ0v) is 26.8. The number of nitrogens with one attached hydrogen (secondary N) is 1. The SMILES string of the molecule is CC1=NN(c2cccc(Cl)c2C)C(=O)C1N=Nc1cc([NH+]([O-])C(=O)c2ccc3nc(Cl)nnc3c2)ccc1S(=O)(=O)[O-].[Na+]. The summed E-state index contributed by atoms with van der Waals surface area (Å²) in [5, 5.41) is 32.9. The number of hydrogen-bond acceptors (Lipinski definition) is 12. The molecule has 2 unspecified atom stereocenters. The van der Waals surface area contributed by atoms with Gasteiger partial charge in [-0.1, -0.05) is 17.7 Å². The topological polar surface area (TPSA) is 198 Å². The van der Waals surface area contributed by atoms with Gasteiger partial charge in [0.2, 0.25) is 5.28 Å². The largest absolute Gasteiger partial charge is 1.00 e. The molecule has 214 valence electrons. The summed E-state index contributed by atoms with van der Waals surface area (Å²) >= 11 is 11.9. The molecule has 0 aliphatic carbocycles. The number of hydroxylamine groups is 1. The third-order valence-corrected chi connectivity index (χ3v) is 7.69. The number of carbonyl (C=O) groups excluding carboxylic acids is 2. The van der Waals surface area contributed by atoms with E-state index in [9.17, 15) is 27.8 Å². The number of hydrogen-bond donors (Lipinski definition) is 1. The number of benzene rings is 3. The Morgan fingerprint density at radius 2 is 1.79 bits per heavy atom. The minimum absolute atomic E-state index is 0. The average Bonchev–Trinajstić information content (AvgIpc) is 3.23. The van der Waals surface area contributed by atoms with Gasteiger partial charge in [0, 0.05) is 17.2 Å². The van der Waals surface area contributed by atoms with Gasteiger partial charge in [0.15, 0.2) is 6.04 Å². The summed E-state index contributed by atoms with van der Waals surface area (Å²) in [6, 6.07) is 10.5. The van der Waals surface area contributed by atoms with Crippen molar-refractivity contribution in [2.75, 3.05) is 5.01 Å². The molecule has 5 rings (SSSR count). The number of nitrogens with zero attached hydrogens (tertiary/aromatic N) is 7. The van der Waals surface area contributed by atoms with Crippen LogP contribution in [0.5, 0.6) is 0 Å². The summed E-state index contributed by atoms with van der Waals surface area (Å²) < 4.78 is 35.8. The molecule has 2 atom stereocenters. The van der Waals surface area contributed by atoms with Crippen molar-refractivity contribution in [3.63, 3.8) is 0 Å². The molecular formula is C25H17Cl2N8NaO6S. The molecule has 14 nitrogen and oxygen atoms in total. The molecule has 3 aromatic carbocycles. The van der Waals surface area contributed by atoms with Crippen molar-refractivity contribution >= 4 is 78.9 Å². The van der Waals surface area contributed by atoms with Crippen LogP contribution >= 0.6 is 23.2 Å². The Kier molecular flexibility index (Phi) is 9.70. The normalized spacial score (nSPS) is 16.0. The molecule has 1 aliphatic heterocycles. The van der Waals surface area contributed by atoms with Gasteiger partial charge in [-0.2, -0.15) is 20.3 Å². The molecule has 0 saturated heterocycles. The first-order valence-corrected chi connectivity index (χ1v) is 14.1. The number of azo groups is 1. The van der Waals surface area contributed by atoms with Gasteiger partial charge in [-0.15, -0.1) is 10.2 Å². The Bertz CT molecular complexity index is 1960. The molecule has 0 fully saturated rings. The molecule has 1 aliphatic rings. The first kappa shape index (κ1) is 32.7. The van der Waals surface area contributed by atoms with Crippen molar-refractivity contribution in [1.29, 1.82) is 0 Å². The van der Waals surface area contributed by atoms with Crippen molar-refractivity contribution in [2.45, 2.75) is 24.8 Å². The van der Waals surface area contributed by atoms with E-state index in [0.717, 1.165) is 23.2 Å². The molecule has 1 N–H and O–H groups in total. The number of rotatable bonds is 6. The molecular weight excluding hydrogens is 634 g/mol. The summed E-state index contributed by atoms with van der Waals surface area (Å²) in [5.41, 5.74) is 0.928. The molecule has 43 heavy (non-hydrogen) atoms. The Hall–Kier alpha value is -3.25. The number of carbonyl (C=O) groups is 2. The number of fused-ring (bicyclic) bond motifs is 1. The van der Waals surface area contributed by atoms with E-state index in [1.807, 2.05) is 0 Å². The van der Waals surface area contributed by atoms with E-state index < -0.39 is 43.6 Å². The van der Waals surface area contributed by atoms with E-state index in [-0.39, 0.29) is 57.3 Å². The van der Waals surface area contributed by atoms with Crippen molar-refractivity contribution < 1.29 is 57.2 Å². The van der Waals surface area contributed by atoms with Gasteiger partial charge in [0.25, 0.3) is 5.91 Å². The molecule has 1 aromatic heterocycles. The van der Waals surface area contributed by atoms with Crippen molar-refractivity contribution in [3.05, 3.63) is 81.2 Å². The van der Waals surface area contributed by atoms with Gasteiger partial charge in [0.1, 0.15) is 27.0 Å². The van der Waals surface area contributed by atoms with Gasteiger partial charge in [-0.25, -0.2) is 18.2 Å². The Balaban J connectivity index is 0.00000423. The van der Waals surface area contributed by atoms with E-state index in [2.05, 4.69) is 30.5 Å². The molecule has 0 bridgehead atoms. The van der Waals surface area contributed by atoms with E-state index in [4.69, 9.17) is 23.2 Å². The van der Waals surface area contributed by atoms with Crippen LogP contribution < -0.4 is 39.6 Å². The van der Waals surface area contributed by atoms with Crippen LogP contribution in [-0.2, 0) is 14.9 Å². The van der Waals surface area contributed by atoms with Crippen LogP contribution in [0.2, 0.25) is 10.3 Å². The minimum Gasteiger partial charge on any atom is -0.744 e. The van der Waals surface area contributed by atoms with E-state index in [1.54, 1.807) is 25.1 Å². The smallest absolute Gasteiger partial charge is 0.744 e. The first-order chi connectivity index (χ1) is 19.8. The number of hydrazone groups is 1. The molecule has 0 radical (unpaired) electrons. The van der Waals surface area contributed by atoms with Crippen LogP contribution in [-0.4, -0.2) is 51.7 Å². The Morgan fingerprint density at radius 3 is 2.51 bits per heavy atom. The zero-order valence-electron chi connectivity index (χ0n) is 22.5. The Morgan fingerprint density at radius 1 is 1.05 bits per heavy atom. The molecule has 0 saturated carbocycles. The van der Waals surface area contributed by atoms with Crippen LogP contribution in [0.25, 0.3) is 11.0 Å². The van der Waals surface area contributed by atoms with E-state index in [1.165, 1.54) is 25.1 Å². The van der Waals surface area contributed by atoms with Crippen molar-refractivity contribution in [1.82, 2.24) is 15.2 Å². The number of halogens is 2. The van der Waals surface area contributed by atoms with Crippen LogP contribution in [0.3, 0.4) is 0 Å². The summed E-state index contributed by atoms with van der Waals surface area (Å²) in [7, 11) is -5.09. The maximum absolute atomic E-state index is 13.1. The van der Waals surface area contributed by atoms with E-state index in [0.29, 0.717) is 21.8 Å². The first-order valence-electron chi connectivity index (χ1n) is 11.9. The predicted octanol–water partition coefficient (Wildman–Crippen LogP) is 0.278. The summed E-state index contributed by atoms with van der Waals surface area (Å²) in [5.74, 6) is -1.57. The third kappa shape index (κ3) is 6.64. The molecule has 18 heteroatoms. The molecule has 4 aromatic rings. The second-order valence-corrected chi connectivity index (χ2v) is 11.1. The van der Waals surface area contributed by atoms with E-state index >= 15 is 0 Å². The van der Waals surface area contributed by atoms with Crippen molar-refractivity contribution in [3.8, 4) is 0 Å². The maximum Gasteiger partial charge on any atom is 1.00 e. The summed E-state index contributed by atoms with van der Waals surface area (Å²) in [6.07, 6.45) is 0. The standard InChI is InChI=1S/C25H18Cl2N8O6S.Na/c1-12-16(26)4-3-5-20(12)34-24(37)22(13(2)33-34)31-30-19-11-15(7-9-21(19)42(39,40)41)35(38)23(36)14-6-8-17-18(10-14)29-32-25(27)28-17;/h3-11,22,35H,1-2H3,(H,39,40,41);/q;+1/p-1. The summed E-state index contributed by atoms with van der Waals surface area (Å²) in [4.78, 5) is 29.3. The molecule has 2 heterocycles. The van der Waals surface area contributed by atoms with Gasteiger partial charge < -0.3 is 9.76 Å². The van der Waals surface area contributed by atoms with Gasteiger partial charge >= 0.3 is 35.5 Å². The number of aromatic nitrogens is 3. The van der Waals surface area contributed by atoms with Crippen LogP contribution in [0.15, 0.2) is 74.8 Å². The predicted molar refractivity (Wildman–Crippen MR) is 150 cm³/mol. The second-order valence-electron chi connectivity index (χ2n) is 8.97. The number of quaternary nitrogens is 1. The maximum atomic E-state index is 13.1. The van der Waals surface area contributed by atoms with Crippen LogP contribution in [0.1, 0.15) is 22.8 Å².